The molecule has 1 amide bonds. The van der Waals surface area contributed by atoms with Crippen LogP contribution in [0.15, 0.2) is 36.7 Å². The summed E-state index contributed by atoms with van der Waals surface area (Å²) in [4.78, 5) is 18.5. The van der Waals surface area contributed by atoms with Crippen LogP contribution in [0.4, 0.5) is 0 Å². The largest absolute Gasteiger partial charge is 0.381 e. The van der Waals surface area contributed by atoms with Crippen molar-refractivity contribution < 1.29 is 9.53 Å². The van der Waals surface area contributed by atoms with E-state index < -0.39 is 0 Å². The standard InChI is InChI=1S/C20H25N3O2/c24-18-8-4-10-22(18)11-5-12-23-15-21-19(16-6-2-1-3-7-16)20(23)17-9-13-25-14-17/h1-3,6-7,15,17H,4-5,8-14H2/t17-/m0/s1. The monoisotopic (exact) mass is 339 g/mol. The van der Waals surface area contributed by atoms with E-state index >= 15 is 0 Å². The summed E-state index contributed by atoms with van der Waals surface area (Å²) < 4.78 is 7.91. The van der Waals surface area contributed by atoms with Gasteiger partial charge in [-0.15, -0.1) is 0 Å². The third-order valence-electron chi connectivity index (χ3n) is 5.24. The predicted octanol–water partition coefficient (Wildman–Crippen LogP) is 3.07. The zero-order valence-electron chi connectivity index (χ0n) is 14.6. The third-order valence-corrected chi connectivity index (χ3v) is 5.24. The fourth-order valence-corrected chi connectivity index (χ4v) is 3.94. The van der Waals surface area contributed by atoms with Gasteiger partial charge in [-0.25, -0.2) is 4.98 Å². The highest BCUT2D eigenvalue weighted by atomic mass is 16.5. The number of carbonyl (C=O) groups excluding carboxylic acids is 1. The summed E-state index contributed by atoms with van der Waals surface area (Å²) in [5.74, 6) is 0.714. The van der Waals surface area contributed by atoms with Crippen LogP contribution in [-0.2, 0) is 16.1 Å². The minimum absolute atomic E-state index is 0.306. The van der Waals surface area contributed by atoms with Crippen LogP contribution in [0.25, 0.3) is 11.3 Å². The molecule has 2 saturated heterocycles. The van der Waals surface area contributed by atoms with Gasteiger partial charge >= 0.3 is 0 Å². The number of aryl methyl sites for hydroxylation is 1. The van der Waals surface area contributed by atoms with Gasteiger partial charge in [-0.1, -0.05) is 30.3 Å². The number of rotatable bonds is 6. The molecule has 4 rings (SSSR count). The van der Waals surface area contributed by atoms with Gasteiger partial charge in [0, 0.05) is 44.1 Å². The highest BCUT2D eigenvalue weighted by Gasteiger charge is 2.26. The van der Waals surface area contributed by atoms with E-state index in [4.69, 9.17) is 9.72 Å². The Hall–Kier alpha value is -2.14. The summed E-state index contributed by atoms with van der Waals surface area (Å²) in [6.45, 7) is 4.26. The minimum atomic E-state index is 0.306. The van der Waals surface area contributed by atoms with Crippen molar-refractivity contribution >= 4 is 5.91 Å². The molecule has 0 bridgehead atoms. The summed E-state index contributed by atoms with van der Waals surface area (Å²) in [6, 6.07) is 10.4. The summed E-state index contributed by atoms with van der Waals surface area (Å²) in [7, 11) is 0. The van der Waals surface area contributed by atoms with Crippen LogP contribution < -0.4 is 0 Å². The van der Waals surface area contributed by atoms with Gasteiger partial charge in [0.05, 0.1) is 24.3 Å². The van der Waals surface area contributed by atoms with Crippen LogP contribution in [0, 0.1) is 0 Å². The van der Waals surface area contributed by atoms with E-state index in [1.807, 2.05) is 17.3 Å². The highest BCUT2D eigenvalue weighted by molar-refractivity contribution is 5.78. The van der Waals surface area contributed by atoms with Crippen LogP contribution in [0.2, 0.25) is 0 Å². The predicted molar refractivity (Wildman–Crippen MR) is 96.3 cm³/mol. The molecule has 3 heterocycles. The highest BCUT2D eigenvalue weighted by Crippen LogP contribution is 2.33. The Balaban J connectivity index is 1.52. The molecule has 0 radical (unpaired) electrons. The van der Waals surface area contributed by atoms with Gasteiger partial charge in [-0.2, -0.15) is 0 Å². The number of hydrogen-bond acceptors (Lipinski definition) is 3. The van der Waals surface area contributed by atoms with Crippen molar-refractivity contribution in [1.29, 1.82) is 0 Å². The zero-order chi connectivity index (χ0) is 17.1. The second kappa shape index (κ2) is 7.40. The number of imidazole rings is 1. The summed E-state index contributed by atoms with van der Waals surface area (Å²) in [5.41, 5.74) is 3.53. The minimum Gasteiger partial charge on any atom is -0.381 e. The Labute approximate surface area is 148 Å². The maximum atomic E-state index is 11.8. The number of ether oxygens (including phenoxy) is 1. The van der Waals surface area contributed by atoms with Crippen LogP contribution in [0.3, 0.4) is 0 Å². The number of amides is 1. The van der Waals surface area contributed by atoms with Gasteiger partial charge < -0.3 is 14.2 Å². The van der Waals surface area contributed by atoms with Gasteiger partial charge in [-0.05, 0) is 19.3 Å². The molecule has 0 spiro atoms. The van der Waals surface area contributed by atoms with E-state index in [-0.39, 0.29) is 0 Å². The first-order chi connectivity index (χ1) is 12.3. The molecule has 1 aromatic heterocycles. The maximum absolute atomic E-state index is 11.8. The Morgan fingerprint density at radius 2 is 2.08 bits per heavy atom. The number of benzene rings is 1. The van der Waals surface area contributed by atoms with E-state index in [1.54, 1.807) is 0 Å². The van der Waals surface area contributed by atoms with Crippen molar-refractivity contribution in [1.82, 2.24) is 14.5 Å². The summed E-state index contributed by atoms with van der Waals surface area (Å²) in [5, 5.41) is 0. The van der Waals surface area contributed by atoms with Crippen molar-refractivity contribution in [2.75, 3.05) is 26.3 Å². The molecule has 2 aliphatic heterocycles. The maximum Gasteiger partial charge on any atom is 0.222 e. The topological polar surface area (TPSA) is 47.4 Å². The second-order valence-electron chi connectivity index (χ2n) is 6.94. The SMILES string of the molecule is O=C1CCCN1CCCn1cnc(-c2ccccc2)c1[C@H]1CCOC1. The molecule has 0 saturated carbocycles. The lowest BCUT2D eigenvalue weighted by Crippen LogP contribution is -2.26. The lowest BCUT2D eigenvalue weighted by molar-refractivity contribution is -0.127. The lowest BCUT2D eigenvalue weighted by atomic mass is 9.99. The molecule has 132 valence electrons. The number of carbonyl (C=O) groups is 1. The van der Waals surface area contributed by atoms with Crippen molar-refractivity contribution in [2.45, 2.75) is 38.1 Å². The van der Waals surface area contributed by atoms with Crippen molar-refractivity contribution in [3.8, 4) is 11.3 Å². The molecular formula is C20H25N3O2. The van der Waals surface area contributed by atoms with E-state index in [2.05, 4.69) is 28.8 Å². The first-order valence-corrected chi connectivity index (χ1v) is 9.29. The number of aromatic nitrogens is 2. The Morgan fingerprint density at radius 3 is 2.80 bits per heavy atom. The quantitative estimate of drug-likeness (QED) is 0.813. The van der Waals surface area contributed by atoms with Gasteiger partial charge in [-0.3, -0.25) is 4.79 Å². The molecular weight excluding hydrogens is 314 g/mol. The van der Waals surface area contributed by atoms with Crippen LogP contribution in [0.1, 0.15) is 37.3 Å². The van der Waals surface area contributed by atoms with Crippen molar-refractivity contribution in [2.24, 2.45) is 0 Å². The molecule has 0 N–H and O–H groups in total. The molecule has 5 nitrogen and oxygen atoms in total. The first kappa shape index (κ1) is 16.3. The Kier molecular flexibility index (Phi) is 4.83. The van der Waals surface area contributed by atoms with E-state index in [1.165, 1.54) is 5.69 Å². The van der Waals surface area contributed by atoms with Crippen LogP contribution in [-0.4, -0.2) is 46.7 Å². The molecule has 5 heteroatoms. The Morgan fingerprint density at radius 1 is 1.20 bits per heavy atom. The van der Waals surface area contributed by atoms with Crippen molar-refractivity contribution in [3.63, 3.8) is 0 Å². The summed E-state index contributed by atoms with van der Waals surface area (Å²) in [6.07, 6.45) is 5.70. The molecule has 2 aliphatic rings. The lowest BCUT2D eigenvalue weighted by Gasteiger charge is -2.18. The fourth-order valence-electron chi connectivity index (χ4n) is 3.94. The van der Waals surface area contributed by atoms with E-state index in [9.17, 15) is 4.79 Å². The van der Waals surface area contributed by atoms with Crippen LogP contribution in [0.5, 0.6) is 0 Å². The Bertz CT molecular complexity index is 720. The van der Waals surface area contributed by atoms with Gasteiger partial charge in [0.15, 0.2) is 0 Å². The van der Waals surface area contributed by atoms with Gasteiger partial charge in [0.2, 0.25) is 5.91 Å². The normalized spacial score (nSPS) is 20.6. The number of likely N-dealkylation sites (tertiary alicyclic amines) is 1. The molecule has 1 aromatic carbocycles. The first-order valence-electron chi connectivity index (χ1n) is 9.29. The zero-order valence-corrected chi connectivity index (χ0v) is 14.6. The molecule has 2 fully saturated rings. The fraction of sp³-hybridized carbons (Fsp3) is 0.500. The molecule has 1 atom stereocenters. The number of hydrogen-bond donors (Lipinski definition) is 0. The summed E-state index contributed by atoms with van der Waals surface area (Å²) >= 11 is 0. The molecule has 25 heavy (non-hydrogen) atoms. The van der Waals surface area contributed by atoms with Crippen molar-refractivity contribution in [3.05, 3.63) is 42.4 Å². The molecule has 0 unspecified atom stereocenters. The smallest absolute Gasteiger partial charge is 0.222 e. The molecule has 0 aliphatic carbocycles. The third kappa shape index (κ3) is 3.47. The average molecular weight is 339 g/mol. The van der Waals surface area contributed by atoms with Gasteiger partial charge in [0.1, 0.15) is 0 Å². The number of nitrogens with zero attached hydrogens (tertiary/aromatic N) is 3. The average Bonchev–Trinajstić information content (AvgIpc) is 3.37. The van der Waals surface area contributed by atoms with Gasteiger partial charge in [0.25, 0.3) is 0 Å². The van der Waals surface area contributed by atoms with E-state index in [0.29, 0.717) is 18.2 Å². The van der Waals surface area contributed by atoms with E-state index in [0.717, 1.165) is 63.4 Å². The second-order valence-corrected chi connectivity index (χ2v) is 6.94. The molecule has 2 aromatic rings. The van der Waals surface area contributed by atoms with Crippen LogP contribution >= 0.6 is 0 Å².